The minimum atomic E-state index is -0.397. The van der Waals surface area contributed by atoms with Gasteiger partial charge in [0.05, 0.1) is 18.1 Å². The van der Waals surface area contributed by atoms with Gasteiger partial charge in [0.2, 0.25) is 0 Å². The monoisotopic (exact) mass is 518 g/mol. The first-order chi connectivity index (χ1) is 16.1. The highest BCUT2D eigenvalue weighted by Crippen LogP contribution is 2.29. The summed E-state index contributed by atoms with van der Waals surface area (Å²) in [5.74, 6) is -0.897. The van der Waals surface area contributed by atoms with Crippen LogP contribution in [0.5, 0.6) is 0 Å². The van der Waals surface area contributed by atoms with Gasteiger partial charge in [-0.3, -0.25) is 14.4 Å². The molecule has 4 heterocycles. The van der Waals surface area contributed by atoms with Crippen molar-refractivity contribution >= 4 is 51.7 Å². The molecule has 0 fully saturated rings. The van der Waals surface area contributed by atoms with Crippen LogP contribution in [0.2, 0.25) is 0 Å². The predicted molar refractivity (Wildman–Crippen MR) is 132 cm³/mol. The Hall–Kier alpha value is -2.70. The van der Waals surface area contributed by atoms with E-state index in [9.17, 15) is 14.4 Å². The van der Waals surface area contributed by atoms with Gasteiger partial charge in [-0.1, -0.05) is 27.7 Å². The van der Waals surface area contributed by atoms with Crippen molar-refractivity contribution < 1.29 is 14.4 Å². The molecule has 3 atom stereocenters. The second-order valence-corrected chi connectivity index (χ2v) is 11.5. The molecule has 34 heavy (non-hydrogen) atoms. The highest BCUT2D eigenvalue weighted by atomic mass is 32.1. The molecule has 3 N–H and O–H groups in total. The molecule has 180 valence electrons. The lowest BCUT2D eigenvalue weighted by molar-refractivity contribution is 0.0918. The topological polar surface area (TPSA) is 126 Å². The van der Waals surface area contributed by atoms with Gasteiger partial charge < -0.3 is 16.0 Å². The third kappa shape index (κ3) is 5.03. The van der Waals surface area contributed by atoms with Crippen molar-refractivity contribution in [3.05, 3.63) is 48.2 Å². The van der Waals surface area contributed by atoms with Crippen molar-refractivity contribution in [2.24, 2.45) is 11.8 Å². The molecule has 6 bridgehead atoms. The van der Waals surface area contributed by atoms with Gasteiger partial charge in [0, 0.05) is 16.1 Å². The van der Waals surface area contributed by atoms with Crippen molar-refractivity contribution in [2.75, 3.05) is 0 Å². The van der Waals surface area contributed by atoms with Crippen molar-refractivity contribution in [3.63, 3.8) is 0 Å². The van der Waals surface area contributed by atoms with Gasteiger partial charge >= 0.3 is 0 Å². The summed E-state index contributed by atoms with van der Waals surface area (Å²) in [6.45, 7) is 9.75. The maximum absolute atomic E-state index is 13.0. The standard InChI is InChI=1S/C22H26N6O3S3/c1-9(2)15-21-25-12(7-33-21)17(29)23-11(5)20-24-13(6-32-20)18(30)27-16(10(3)4)22-26-14(8-34-22)19(31)28-15/h6-11,15-16H,1-5H3,(H,23,29)(H,27,30)(H,28,31)/t11-,15-,16-/m0/s1. The quantitative estimate of drug-likeness (QED) is 0.469. The van der Waals surface area contributed by atoms with E-state index >= 15 is 0 Å². The summed E-state index contributed by atoms with van der Waals surface area (Å²) in [6.07, 6.45) is 0. The first-order valence-electron chi connectivity index (χ1n) is 10.9. The summed E-state index contributed by atoms with van der Waals surface area (Å²) in [5, 5.41) is 15.9. The molecule has 3 amide bonds. The number of carbonyl (C=O) groups excluding carboxylic acids is 3. The van der Waals surface area contributed by atoms with Crippen LogP contribution in [-0.4, -0.2) is 32.7 Å². The van der Waals surface area contributed by atoms with E-state index in [1.54, 1.807) is 16.1 Å². The number of thiazole rings is 3. The molecule has 9 nitrogen and oxygen atoms in total. The Morgan fingerprint density at radius 1 is 0.647 bits per heavy atom. The van der Waals surface area contributed by atoms with Crippen LogP contribution in [-0.2, 0) is 0 Å². The number of hydrogen-bond acceptors (Lipinski definition) is 9. The number of nitrogens with zero attached hydrogens (tertiary/aromatic N) is 3. The number of fused-ring (bicyclic) bond motifs is 6. The summed E-state index contributed by atoms with van der Waals surface area (Å²) in [6, 6.07) is -1.14. The van der Waals surface area contributed by atoms with Crippen LogP contribution in [0.15, 0.2) is 16.1 Å². The molecule has 0 aliphatic carbocycles. The molecule has 0 aromatic carbocycles. The number of carbonyl (C=O) groups is 3. The Morgan fingerprint density at radius 2 is 1.00 bits per heavy atom. The fourth-order valence-corrected chi connectivity index (χ4v) is 6.30. The largest absolute Gasteiger partial charge is 0.342 e. The van der Waals surface area contributed by atoms with Crippen LogP contribution >= 0.6 is 34.0 Å². The summed E-state index contributed by atoms with van der Waals surface area (Å²) in [7, 11) is 0. The SMILES string of the molecule is CC(C)[C@@H]1NC(=O)c2csc(n2)[C@H](C(C)C)NC(=O)c2csc(n2)[C@H](C)NC(=O)c2csc1n2. The summed E-state index contributed by atoms with van der Waals surface area (Å²) >= 11 is 3.98. The molecule has 12 heteroatoms. The van der Waals surface area contributed by atoms with Crippen molar-refractivity contribution in [3.8, 4) is 0 Å². The number of amides is 3. The van der Waals surface area contributed by atoms with E-state index in [0.717, 1.165) is 0 Å². The molecule has 0 saturated carbocycles. The maximum Gasteiger partial charge on any atom is 0.271 e. The van der Waals surface area contributed by atoms with Crippen LogP contribution in [0.3, 0.4) is 0 Å². The highest BCUT2D eigenvalue weighted by Gasteiger charge is 2.28. The van der Waals surface area contributed by atoms with Crippen LogP contribution in [0, 0.1) is 11.8 Å². The van der Waals surface area contributed by atoms with Crippen LogP contribution in [0.1, 0.15) is 99.2 Å². The van der Waals surface area contributed by atoms with E-state index < -0.39 is 6.04 Å². The Bertz CT molecular complexity index is 1210. The van der Waals surface area contributed by atoms with Crippen molar-refractivity contribution in [1.82, 2.24) is 30.9 Å². The number of aromatic nitrogens is 3. The number of rotatable bonds is 2. The Morgan fingerprint density at radius 3 is 1.41 bits per heavy atom. The molecule has 4 rings (SSSR count). The minimum Gasteiger partial charge on any atom is -0.342 e. The van der Waals surface area contributed by atoms with E-state index in [-0.39, 0.29) is 58.7 Å². The molecule has 3 aromatic heterocycles. The summed E-state index contributed by atoms with van der Waals surface area (Å²) in [5.41, 5.74) is 0.835. The van der Waals surface area contributed by atoms with Gasteiger partial charge in [-0.2, -0.15) is 0 Å². The van der Waals surface area contributed by atoms with Crippen LogP contribution in [0.25, 0.3) is 0 Å². The molecule has 0 spiro atoms. The number of hydrogen-bond donors (Lipinski definition) is 3. The van der Waals surface area contributed by atoms with Gasteiger partial charge in [0.1, 0.15) is 32.1 Å². The molecule has 1 aliphatic heterocycles. The molecular weight excluding hydrogens is 492 g/mol. The molecule has 0 saturated heterocycles. The number of nitrogens with one attached hydrogen (secondary N) is 3. The summed E-state index contributed by atoms with van der Waals surface area (Å²) < 4.78 is 0. The second-order valence-electron chi connectivity index (χ2n) is 8.80. The first kappa shape index (κ1) is 24.4. The van der Waals surface area contributed by atoms with Crippen LogP contribution in [0.4, 0.5) is 0 Å². The highest BCUT2D eigenvalue weighted by molar-refractivity contribution is 7.10. The van der Waals surface area contributed by atoms with E-state index in [0.29, 0.717) is 15.0 Å². The van der Waals surface area contributed by atoms with Crippen LogP contribution < -0.4 is 16.0 Å². The zero-order valence-corrected chi connectivity index (χ0v) is 21.9. The average molecular weight is 519 g/mol. The van der Waals surface area contributed by atoms with Gasteiger partial charge in [-0.15, -0.1) is 34.0 Å². The Kier molecular flexibility index (Phi) is 7.10. The van der Waals surface area contributed by atoms with Gasteiger partial charge in [-0.05, 0) is 18.8 Å². The van der Waals surface area contributed by atoms with E-state index in [1.165, 1.54) is 34.0 Å². The fourth-order valence-electron chi connectivity index (χ4n) is 3.45. The molecule has 1 aliphatic rings. The van der Waals surface area contributed by atoms with Gasteiger partial charge in [0.15, 0.2) is 0 Å². The van der Waals surface area contributed by atoms with Gasteiger partial charge in [-0.25, -0.2) is 15.0 Å². The molecular formula is C22H26N6O3S3. The molecule has 3 aromatic rings. The zero-order valence-electron chi connectivity index (χ0n) is 19.4. The fraction of sp³-hybridized carbons (Fsp3) is 0.455. The lowest BCUT2D eigenvalue weighted by atomic mass is 10.0. The zero-order chi connectivity index (χ0) is 24.6. The third-order valence-electron chi connectivity index (χ3n) is 5.42. The Balaban J connectivity index is 1.75. The van der Waals surface area contributed by atoms with E-state index in [4.69, 9.17) is 0 Å². The molecule has 0 radical (unpaired) electrons. The third-order valence-corrected chi connectivity index (χ3v) is 8.30. The maximum atomic E-state index is 13.0. The van der Waals surface area contributed by atoms with E-state index in [1.807, 2.05) is 34.6 Å². The van der Waals surface area contributed by atoms with Crippen molar-refractivity contribution in [1.29, 1.82) is 0 Å². The minimum absolute atomic E-state index is 0.0464. The van der Waals surface area contributed by atoms with Gasteiger partial charge in [0.25, 0.3) is 17.7 Å². The second kappa shape index (κ2) is 9.88. The first-order valence-corrected chi connectivity index (χ1v) is 13.6. The summed E-state index contributed by atoms with van der Waals surface area (Å²) in [4.78, 5) is 52.2. The lowest BCUT2D eigenvalue weighted by Gasteiger charge is -2.20. The van der Waals surface area contributed by atoms with E-state index in [2.05, 4.69) is 30.9 Å². The van der Waals surface area contributed by atoms with Crippen molar-refractivity contribution in [2.45, 2.75) is 52.7 Å². The normalized spacial score (nSPS) is 21.6. The Labute approximate surface area is 209 Å². The molecule has 0 unspecified atom stereocenters. The predicted octanol–water partition coefficient (Wildman–Crippen LogP) is 4.11. The lowest BCUT2D eigenvalue weighted by Crippen LogP contribution is -2.33. The smallest absolute Gasteiger partial charge is 0.271 e. The average Bonchev–Trinajstić information content (AvgIpc) is 3.54.